The van der Waals surface area contributed by atoms with E-state index >= 15 is 0 Å². The monoisotopic (exact) mass is 1690 g/mol. The molecule has 0 radical (unpaired) electrons. The van der Waals surface area contributed by atoms with Gasteiger partial charge in [0.2, 0.25) is 0 Å². The van der Waals surface area contributed by atoms with Crippen molar-refractivity contribution < 1.29 is 13.7 Å². The van der Waals surface area contributed by atoms with Crippen LogP contribution in [-0.4, -0.2) is 18.3 Å². The summed E-state index contributed by atoms with van der Waals surface area (Å²) in [5.74, 6) is 0. The molecular formula is C124H136N4. The van der Waals surface area contributed by atoms with E-state index in [9.17, 15) is 0 Å². The highest BCUT2D eigenvalue weighted by atomic mass is 15.0. The van der Waals surface area contributed by atoms with Gasteiger partial charge in [-0.25, -0.2) is 0 Å². The Kier molecular flexibility index (Phi) is 18.5. The molecule has 4 heterocycles. The number of fused-ring (bicyclic) bond motifs is 12. The Morgan fingerprint density at radius 2 is 0.422 bits per heavy atom. The van der Waals surface area contributed by atoms with Crippen molar-refractivity contribution in [3.05, 3.63) is 334 Å². The van der Waals surface area contributed by atoms with E-state index in [1.807, 2.05) is 18.2 Å². The van der Waals surface area contributed by atoms with Gasteiger partial charge in [-0.2, -0.15) is 0 Å². The molecule has 0 saturated heterocycles. The summed E-state index contributed by atoms with van der Waals surface area (Å²) in [5, 5.41) is 9.36. The summed E-state index contributed by atoms with van der Waals surface area (Å²) in [6.45, 7) is 69.3. The molecule has 18 rings (SSSR count). The van der Waals surface area contributed by atoms with Crippen molar-refractivity contribution in [2.75, 3.05) is 0 Å². The number of para-hydroxylation sites is 2. The summed E-state index contributed by atoms with van der Waals surface area (Å²) < 4.78 is 97.0. The van der Waals surface area contributed by atoms with Crippen LogP contribution in [0, 0.1) is 0 Å². The summed E-state index contributed by atoms with van der Waals surface area (Å²) in [6, 6.07) is 76.9. The lowest BCUT2D eigenvalue weighted by Crippen LogP contribution is -2.17. The van der Waals surface area contributed by atoms with Crippen LogP contribution in [0.2, 0.25) is 0 Å². The molecule has 0 aliphatic heterocycles. The molecule has 0 aliphatic rings. The first-order chi connectivity index (χ1) is 63.9. The van der Waals surface area contributed by atoms with Gasteiger partial charge in [-0.05, 0) is 252 Å². The quantitative estimate of drug-likeness (QED) is 0.144. The molecule has 4 heteroatoms. The third-order valence-corrected chi connectivity index (χ3v) is 26.5. The van der Waals surface area contributed by atoms with Crippen molar-refractivity contribution in [3.63, 3.8) is 0 Å². The van der Waals surface area contributed by atoms with E-state index in [0.29, 0.717) is 5.69 Å². The van der Waals surface area contributed by atoms with Gasteiger partial charge in [0.1, 0.15) is 0 Å². The first kappa shape index (κ1) is 76.3. The summed E-state index contributed by atoms with van der Waals surface area (Å²) in [5.41, 5.74) is 29.9. The van der Waals surface area contributed by atoms with E-state index in [1.165, 1.54) is 127 Å². The Bertz CT molecular complexity index is 7630. The zero-order valence-corrected chi connectivity index (χ0v) is 81.6. The van der Waals surface area contributed by atoms with Gasteiger partial charge in [-0.15, -0.1) is 0 Å². The van der Waals surface area contributed by atoms with Crippen LogP contribution in [0.1, 0.15) is 277 Å². The minimum atomic E-state index is -0.533. The predicted molar refractivity (Wildman–Crippen MR) is 559 cm³/mol. The van der Waals surface area contributed by atoms with Gasteiger partial charge >= 0.3 is 0 Å². The molecule has 0 amide bonds. The summed E-state index contributed by atoms with van der Waals surface area (Å²) in [6.07, 6.45) is 0. The number of hydrogen-bond acceptors (Lipinski definition) is 0. The molecular weight excluding hydrogens is 1550 g/mol. The van der Waals surface area contributed by atoms with Crippen molar-refractivity contribution in [2.45, 2.75) is 262 Å². The lowest BCUT2D eigenvalue weighted by atomic mass is 9.78. The Morgan fingerprint density at radius 3 is 0.680 bits per heavy atom. The van der Waals surface area contributed by atoms with E-state index in [0.717, 1.165) is 54.9 Å². The van der Waals surface area contributed by atoms with Crippen molar-refractivity contribution in [3.8, 4) is 67.3 Å². The van der Waals surface area contributed by atoms with Crippen LogP contribution < -0.4 is 0 Å². The largest absolute Gasteiger partial charge is 0.309 e. The molecule has 0 aliphatic carbocycles. The van der Waals surface area contributed by atoms with E-state index < -0.39 is 65.8 Å². The first-order valence-corrected chi connectivity index (χ1v) is 46.0. The Labute approximate surface area is 778 Å². The maximum absolute atomic E-state index is 9.05. The van der Waals surface area contributed by atoms with Crippen LogP contribution in [0.3, 0.4) is 0 Å². The van der Waals surface area contributed by atoms with Crippen LogP contribution in [0.25, 0.3) is 154 Å². The maximum atomic E-state index is 9.05. The molecule has 18 aromatic rings. The minimum absolute atomic E-state index is 0.0127. The summed E-state index contributed by atoms with van der Waals surface area (Å²) in [4.78, 5) is 0. The van der Waals surface area contributed by atoms with E-state index in [-0.39, 0.29) is 71.0 Å². The fourth-order valence-corrected chi connectivity index (χ4v) is 19.1. The van der Waals surface area contributed by atoms with Gasteiger partial charge in [0, 0.05) is 65.6 Å². The van der Waals surface area contributed by atoms with Gasteiger partial charge in [-0.1, -0.05) is 377 Å². The fraction of sp³-hybridized carbons (Fsp3) is 0.323. The highest BCUT2D eigenvalue weighted by molar-refractivity contribution is 6.16. The van der Waals surface area contributed by atoms with Gasteiger partial charge in [0.15, 0.2) is 0 Å². The second-order valence-corrected chi connectivity index (χ2v) is 46.7. The van der Waals surface area contributed by atoms with E-state index in [4.69, 9.17) is 13.7 Å². The average Bonchev–Trinajstić information content (AvgIpc) is 1.55. The number of hydrogen-bond donors (Lipinski definition) is 0. The van der Waals surface area contributed by atoms with Gasteiger partial charge < -0.3 is 18.3 Å². The Morgan fingerprint density at radius 1 is 0.180 bits per heavy atom. The van der Waals surface area contributed by atoms with E-state index in [2.05, 4.69) is 408 Å². The Balaban J connectivity index is 0.000000192. The fourth-order valence-electron chi connectivity index (χ4n) is 19.1. The lowest BCUT2D eigenvalue weighted by Gasteiger charge is -2.28. The molecule has 0 unspecified atom stereocenters. The third-order valence-electron chi connectivity index (χ3n) is 26.5. The number of rotatable bonds is 8. The van der Waals surface area contributed by atoms with Gasteiger partial charge in [0.05, 0.1) is 69.2 Å². The lowest BCUT2D eigenvalue weighted by molar-refractivity contribution is 0.568. The maximum Gasteiger partial charge on any atom is 0.0629 e. The number of aromatic nitrogens is 4. The zero-order chi connectivity index (χ0) is 100. The van der Waals surface area contributed by atoms with Crippen LogP contribution >= 0.6 is 0 Å². The van der Waals surface area contributed by atoms with Gasteiger partial charge in [0.25, 0.3) is 0 Å². The molecule has 0 atom stereocenters. The third kappa shape index (κ3) is 16.3. The number of benzene rings is 14. The van der Waals surface area contributed by atoms with Gasteiger partial charge in [-0.3, -0.25) is 0 Å². The van der Waals surface area contributed by atoms with Crippen molar-refractivity contribution in [1.82, 2.24) is 18.3 Å². The molecule has 0 spiro atoms. The molecule has 4 nitrogen and oxygen atoms in total. The molecule has 14 aromatic carbocycles. The van der Waals surface area contributed by atoms with Crippen molar-refractivity contribution in [2.24, 2.45) is 0 Å². The minimum Gasteiger partial charge on any atom is -0.309 e. The molecule has 128 heavy (non-hydrogen) atoms. The normalized spacial score (nSPS) is 14.3. The van der Waals surface area contributed by atoms with Crippen molar-refractivity contribution in [1.29, 1.82) is 0 Å². The van der Waals surface area contributed by atoms with Crippen LogP contribution in [-0.2, 0) is 54.1 Å². The standard InChI is InChI=1S/C70H84N2.C54H52N2/c1-64(2,3)47-26-29-59-56(41-47)57-42-48(65(4,5)6)27-30-60(57)72(59)61-31-28-55-54-24-22-23-25-58(54)71(63(55)62(61)70(19,20)21)53-37-43(45-33-49(66(7,8)9)39-50(34-45)67(10,11)12)32-44(38-53)46-35-51(68(13,14)15)40-52(36-46)69(16,17)18;1-52(2,3)39-24-27-47-44(33-39)45-34-40(53(4,5)6)25-28-48(45)56(47)49-29-26-43-42-22-16-17-23-46(42)55(51(43)50(49)54(7,8)9)41-31-37(35-18-12-10-13-19-35)30-38(32-41)36-20-14-11-15-21-36/h22-42H,1-21H3;10-34H,1-9H3/i;10D,11D,12D,13D,14D,15D,18D,19D,20D,21D. The average molecular weight is 1690 g/mol. The van der Waals surface area contributed by atoms with Crippen LogP contribution in [0.4, 0.5) is 0 Å². The van der Waals surface area contributed by atoms with Crippen LogP contribution in [0.15, 0.2) is 279 Å². The number of nitrogens with zero attached hydrogens (tertiary/aromatic N) is 4. The van der Waals surface area contributed by atoms with E-state index in [1.54, 1.807) is 18.2 Å². The summed E-state index contributed by atoms with van der Waals surface area (Å²) in [7, 11) is 0. The molecule has 0 fully saturated rings. The molecule has 0 N–H and O–H groups in total. The molecule has 4 aromatic heterocycles. The molecule has 652 valence electrons. The molecule has 0 bridgehead atoms. The van der Waals surface area contributed by atoms with Crippen molar-refractivity contribution >= 4 is 87.2 Å². The Hall–Kier alpha value is -11.7. The second-order valence-electron chi connectivity index (χ2n) is 46.7. The summed E-state index contributed by atoms with van der Waals surface area (Å²) >= 11 is 0. The molecule has 0 saturated carbocycles. The highest BCUT2D eigenvalue weighted by Gasteiger charge is 2.35. The SMILES string of the molecule is CC(C)(C)c1cc(-c2cc(-c3cc(C(C)(C)C)cc(C(C)(C)C)c3)cc(-n3c4ccccc4c4ccc(-n5c6ccc(C(C)(C)C)cc6c6cc(C(C)(C)C)ccc65)c(C(C)(C)C)c43)c2)cc(C(C)(C)C)c1.[2H]c1c([2H])c([2H])c(-c2cc(-c3c([2H])c([2H])c([2H])c([2H])c3[2H])cc(-n3c4ccccc4c4ccc(-n5c6ccc(C(C)(C)C)cc6c6cc(C(C)(C)C)ccc65)c(C(C)(C)C)c43)c2)c([2H])c1[2H]. The topological polar surface area (TPSA) is 19.7 Å². The smallest absolute Gasteiger partial charge is 0.0629 e. The predicted octanol–water partition coefficient (Wildman–Crippen LogP) is 35.4. The second kappa shape index (κ2) is 31.0. The van der Waals surface area contributed by atoms with Crippen LogP contribution in [0.5, 0.6) is 0 Å². The first-order valence-electron chi connectivity index (χ1n) is 51.0. The zero-order valence-electron chi connectivity index (χ0n) is 91.6. The highest BCUT2D eigenvalue weighted by Crippen LogP contribution is 2.51.